The van der Waals surface area contributed by atoms with Crippen molar-refractivity contribution < 1.29 is 38.6 Å². The number of nitrogens with one attached hydrogen (secondary N) is 2. The number of carbonyl (C=O) groups excluding carboxylic acids is 5. The van der Waals surface area contributed by atoms with Crippen molar-refractivity contribution in [2.24, 2.45) is 23.2 Å². The molecule has 0 saturated carbocycles. The van der Waals surface area contributed by atoms with Crippen LogP contribution in [0, 0.1) is 23.2 Å². The predicted octanol–water partition coefficient (Wildman–Crippen LogP) is 6.24. The number of likely N-dealkylation sites (tertiary alicyclic amines) is 1. The molecule has 382 valence electrons. The number of hydrogen-bond donors (Lipinski definition) is 3. The Bertz CT molecular complexity index is 2620. The second kappa shape index (κ2) is 23.0. The number of fused-ring (bicyclic) bond motifs is 6. The molecule has 3 N–H and O–H groups in total. The summed E-state index contributed by atoms with van der Waals surface area (Å²) in [5.41, 5.74) is 10.6. The molecule has 0 spiro atoms. The Morgan fingerprint density at radius 2 is 1.79 bits per heavy atom. The van der Waals surface area contributed by atoms with Crippen molar-refractivity contribution in [3.8, 4) is 28.1 Å². The summed E-state index contributed by atoms with van der Waals surface area (Å²) in [6.45, 7) is 13.2. The van der Waals surface area contributed by atoms with Gasteiger partial charge in [-0.05, 0) is 118 Å². The summed E-state index contributed by atoms with van der Waals surface area (Å²) in [5, 5.41) is 16.9. The third-order valence-electron chi connectivity index (χ3n) is 14.2. The summed E-state index contributed by atoms with van der Waals surface area (Å²) in [7, 11) is 7.19. The van der Waals surface area contributed by atoms with Crippen molar-refractivity contribution in [3.63, 3.8) is 0 Å². The molecule has 4 amide bonds. The molecule has 3 aromatic carbocycles. The molecule has 15 nitrogen and oxygen atoms in total. The highest BCUT2D eigenvalue weighted by Gasteiger charge is 2.39. The molecule has 6 bridgehead atoms. The van der Waals surface area contributed by atoms with Crippen LogP contribution >= 0.6 is 0 Å². The van der Waals surface area contributed by atoms with E-state index in [9.17, 15) is 29.1 Å². The second-order valence-electron chi connectivity index (χ2n) is 21.1. The molecule has 0 aliphatic carbocycles. The lowest BCUT2D eigenvalue weighted by Crippen LogP contribution is -2.58. The lowest BCUT2D eigenvalue weighted by molar-refractivity contribution is -0.155. The molecule has 4 heterocycles. The first kappa shape index (κ1) is 52.8. The number of benzene rings is 3. The van der Waals surface area contributed by atoms with E-state index in [1.807, 2.05) is 38.9 Å². The molecular weight excluding hydrogens is 899 g/mol. The molecule has 15 heteroatoms. The zero-order valence-corrected chi connectivity index (χ0v) is 43.3. The molecule has 7 rings (SSSR count). The number of aryl methyl sites for hydroxylation is 1. The van der Waals surface area contributed by atoms with Crippen LogP contribution in [0.25, 0.3) is 33.3 Å². The first-order chi connectivity index (χ1) is 33.9. The lowest BCUT2D eigenvalue weighted by atomic mass is 9.83. The predicted molar refractivity (Wildman–Crippen MR) is 276 cm³/mol. The number of aromatic hydroxyl groups is 1. The molecule has 1 aromatic heterocycles. The number of phenolic OH excluding ortho intramolecular Hbond substituents is 1. The zero-order valence-electron chi connectivity index (χ0n) is 43.3. The highest BCUT2D eigenvalue weighted by atomic mass is 16.5. The van der Waals surface area contributed by atoms with Crippen LogP contribution in [0.15, 0.2) is 72.8 Å². The standard InChI is InChI=1S/C56H75N7O8/c1-10-62-48-20-19-39-31-45(48)46(51(62)44-16-12-11-15-38(44)22-26-70-9)32-56(4,5)35-71-55(69)47-17-13-24-63(58-47)54(68)42(28-37-27-41(39)30-43(64)29-37)33-57-52(66)50(36(2)3)60(8)53(67)40-21-25-61(34-40)49(65)18-14-23-59(6)7/h11-12,14-16,18-20,27,29-31,36,40,42,47,50,58,64H,10,13,17,21-26,28,32-35H2,1-9H3,(H,57,66)/b18-14+/t40-,42?,47-,50-/m0/s1. The number of methoxy groups -OCH3 is 1. The van der Waals surface area contributed by atoms with Crippen LogP contribution < -0.4 is 10.7 Å². The van der Waals surface area contributed by atoms with Gasteiger partial charge in [0, 0.05) is 81.4 Å². The van der Waals surface area contributed by atoms with Crippen LogP contribution in [0.5, 0.6) is 5.75 Å². The van der Waals surface area contributed by atoms with Gasteiger partial charge in [-0.3, -0.25) is 29.0 Å². The summed E-state index contributed by atoms with van der Waals surface area (Å²) in [5.74, 6) is -3.05. The number of cyclic esters (lactones) is 1. The number of esters is 1. The Hall–Kier alpha value is -6.03. The minimum atomic E-state index is -0.854. The number of carbonyl (C=O) groups is 5. The molecule has 2 saturated heterocycles. The fourth-order valence-corrected chi connectivity index (χ4v) is 10.6. The average molecular weight is 974 g/mol. The van der Waals surface area contributed by atoms with E-state index in [-0.39, 0.29) is 55.5 Å². The number of nitrogens with zero attached hydrogens (tertiary/aromatic N) is 5. The van der Waals surface area contributed by atoms with Gasteiger partial charge < -0.3 is 39.2 Å². The van der Waals surface area contributed by atoms with E-state index in [0.29, 0.717) is 64.0 Å². The van der Waals surface area contributed by atoms with Crippen molar-refractivity contribution in [2.45, 2.75) is 91.8 Å². The second-order valence-corrected chi connectivity index (χ2v) is 21.1. The molecule has 4 atom stereocenters. The molecule has 0 radical (unpaired) electrons. The fourth-order valence-electron chi connectivity index (χ4n) is 10.6. The Balaban J connectivity index is 1.22. The number of aromatic nitrogens is 1. The SMILES string of the molecule is CCn1c(-c2ccccc2CCOC)c2c3cc(ccc31)-c1cc(O)cc(c1)CC(CNC(=O)[C@H](C(C)C)N(C)C(=O)[C@H]1CCN(C(=O)/C=C/CN(C)C)C1)C(=O)N1CCC[C@H](N1)C(=O)OCC(C)(C)C2. The van der Waals surface area contributed by atoms with E-state index in [4.69, 9.17) is 9.47 Å². The van der Waals surface area contributed by atoms with Crippen LogP contribution in [0.1, 0.15) is 70.6 Å². The van der Waals surface area contributed by atoms with Crippen molar-refractivity contribution in [2.75, 3.05) is 74.2 Å². The Morgan fingerprint density at radius 3 is 2.52 bits per heavy atom. The molecule has 3 aliphatic rings. The fraction of sp³-hybridized carbons (Fsp3) is 0.518. The third kappa shape index (κ3) is 12.4. The van der Waals surface area contributed by atoms with Crippen molar-refractivity contribution >= 4 is 40.5 Å². The smallest absolute Gasteiger partial charge is 0.324 e. The molecule has 4 aromatic rings. The summed E-state index contributed by atoms with van der Waals surface area (Å²) in [6.07, 6.45) is 6.36. The van der Waals surface area contributed by atoms with E-state index < -0.39 is 41.2 Å². The number of likely N-dealkylation sites (N-methyl/N-ethyl adjacent to an activating group) is 2. The van der Waals surface area contributed by atoms with Crippen molar-refractivity contribution in [3.05, 3.63) is 89.5 Å². The van der Waals surface area contributed by atoms with Crippen LogP contribution in [0.2, 0.25) is 0 Å². The summed E-state index contributed by atoms with van der Waals surface area (Å²) >= 11 is 0. The highest BCUT2D eigenvalue weighted by molar-refractivity contribution is 5.96. The van der Waals surface area contributed by atoms with E-state index in [1.54, 1.807) is 43.3 Å². The number of amides is 4. The maximum Gasteiger partial charge on any atom is 0.324 e. The van der Waals surface area contributed by atoms with Crippen LogP contribution in [0.3, 0.4) is 0 Å². The normalized spacial score (nSPS) is 20.1. The van der Waals surface area contributed by atoms with Gasteiger partial charge in [0.2, 0.25) is 23.6 Å². The first-order valence-corrected chi connectivity index (χ1v) is 25.3. The zero-order chi connectivity index (χ0) is 51.1. The van der Waals surface area contributed by atoms with Crippen LogP contribution in [0.4, 0.5) is 0 Å². The lowest BCUT2D eigenvalue weighted by Gasteiger charge is -2.36. The number of hydrogen-bond acceptors (Lipinski definition) is 10. The van der Waals surface area contributed by atoms with Gasteiger partial charge in [-0.1, -0.05) is 70.2 Å². The van der Waals surface area contributed by atoms with Gasteiger partial charge in [-0.2, -0.15) is 0 Å². The van der Waals surface area contributed by atoms with Gasteiger partial charge in [0.25, 0.3) is 0 Å². The number of ether oxygens (including phenoxy) is 2. The summed E-state index contributed by atoms with van der Waals surface area (Å²) < 4.78 is 14.0. The molecule has 71 heavy (non-hydrogen) atoms. The van der Waals surface area contributed by atoms with E-state index >= 15 is 0 Å². The minimum Gasteiger partial charge on any atom is -0.508 e. The van der Waals surface area contributed by atoms with Crippen molar-refractivity contribution in [1.82, 2.24) is 35.0 Å². The van der Waals surface area contributed by atoms with E-state index in [1.165, 1.54) is 15.5 Å². The topological polar surface area (TPSA) is 166 Å². The van der Waals surface area contributed by atoms with Gasteiger partial charge in [0.1, 0.15) is 17.8 Å². The monoisotopic (exact) mass is 974 g/mol. The highest BCUT2D eigenvalue weighted by Crippen LogP contribution is 2.42. The molecule has 2 fully saturated rings. The number of hydrazine groups is 1. The molecular formula is C56H75N7O8. The number of phenols is 1. The van der Waals surface area contributed by atoms with Gasteiger partial charge in [-0.15, -0.1) is 0 Å². The minimum absolute atomic E-state index is 0.0400. The summed E-state index contributed by atoms with van der Waals surface area (Å²) in [6, 6.07) is 18.6. The third-order valence-corrected chi connectivity index (χ3v) is 14.2. The number of rotatable bonds is 14. The Kier molecular flexibility index (Phi) is 17.1. The summed E-state index contributed by atoms with van der Waals surface area (Å²) in [4.78, 5) is 75.0. The van der Waals surface area contributed by atoms with Crippen LogP contribution in [-0.4, -0.2) is 145 Å². The largest absolute Gasteiger partial charge is 0.508 e. The van der Waals surface area contributed by atoms with Gasteiger partial charge >= 0.3 is 5.97 Å². The van der Waals surface area contributed by atoms with Crippen LogP contribution in [-0.2, 0) is 59.3 Å². The Morgan fingerprint density at radius 1 is 1.01 bits per heavy atom. The van der Waals surface area contributed by atoms with Crippen molar-refractivity contribution in [1.29, 1.82) is 0 Å². The van der Waals surface area contributed by atoms with Gasteiger partial charge in [0.05, 0.1) is 30.7 Å². The molecule has 1 unspecified atom stereocenters. The van der Waals surface area contributed by atoms with Gasteiger partial charge in [-0.25, -0.2) is 5.43 Å². The average Bonchev–Trinajstić information content (AvgIpc) is 3.96. The molecule has 3 aliphatic heterocycles. The van der Waals surface area contributed by atoms with E-state index in [0.717, 1.165) is 45.3 Å². The van der Waals surface area contributed by atoms with Gasteiger partial charge in [0.15, 0.2) is 0 Å². The maximum atomic E-state index is 14.7. The first-order valence-electron chi connectivity index (χ1n) is 25.3. The Labute approximate surface area is 419 Å². The quantitative estimate of drug-likeness (QED) is 0.0974. The van der Waals surface area contributed by atoms with E-state index in [2.05, 4.69) is 78.5 Å². The maximum absolute atomic E-state index is 14.7.